The van der Waals surface area contributed by atoms with E-state index in [0.717, 1.165) is 94.9 Å². The number of esters is 2. The first-order valence-electron chi connectivity index (χ1n) is 17.0. The Morgan fingerprint density at radius 1 is 0.553 bits per heavy atom. The Hall–Kier alpha value is -4.08. The van der Waals surface area contributed by atoms with Crippen molar-refractivity contribution >= 4 is 24.1 Å². The van der Waals surface area contributed by atoms with E-state index in [1.165, 1.54) is 23.3 Å². The molecule has 0 bridgehead atoms. The van der Waals surface area contributed by atoms with Gasteiger partial charge in [0.1, 0.15) is 0 Å². The van der Waals surface area contributed by atoms with Crippen LogP contribution in [0.15, 0.2) is 72.2 Å². The molecule has 0 spiro atoms. The van der Waals surface area contributed by atoms with Gasteiger partial charge < -0.3 is 18.9 Å². The van der Waals surface area contributed by atoms with E-state index in [-0.39, 0.29) is 11.9 Å². The number of rotatable bonds is 14. The molecule has 0 unspecified atom stereocenters. The molecule has 0 radical (unpaired) electrons. The SMILES string of the molecule is C=CC(=O)OCC1CCC(COC(=O)NC2=CC=C(CC3=CC=C(NC(=O)OCC4CCC(COC(=O)C=C)CC4)CC3)CC2)CC1. The van der Waals surface area contributed by atoms with E-state index in [1.54, 1.807) is 0 Å². The van der Waals surface area contributed by atoms with Gasteiger partial charge in [0.2, 0.25) is 0 Å². The first-order valence-corrected chi connectivity index (χ1v) is 17.0. The van der Waals surface area contributed by atoms with Gasteiger partial charge in [0.15, 0.2) is 0 Å². The number of nitrogens with one attached hydrogen (secondary N) is 2. The lowest BCUT2D eigenvalue weighted by Gasteiger charge is -2.27. The molecule has 0 aromatic heterocycles. The lowest BCUT2D eigenvalue weighted by molar-refractivity contribution is -0.140. The van der Waals surface area contributed by atoms with Crippen LogP contribution in [0.5, 0.6) is 0 Å². The van der Waals surface area contributed by atoms with Crippen molar-refractivity contribution in [2.45, 2.75) is 83.5 Å². The smallest absolute Gasteiger partial charge is 0.411 e. The van der Waals surface area contributed by atoms with Crippen LogP contribution in [0, 0.1) is 23.7 Å². The number of hydrogen-bond acceptors (Lipinski definition) is 8. The third kappa shape index (κ3) is 12.9. The standard InChI is InChI=1S/C37H50N2O8/c1-3-34(40)44-22-28-5-9-30(10-6-28)24-46-36(42)38-32-17-13-26(14-18-32)21-27-15-19-33(20-16-27)39-37(43)47-25-31-11-7-29(8-12-31)23-45-35(41)4-2/h3-4,13,15,17,19,28-31H,1-2,5-12,14,16,18,20-25H2,(H,38,42)(H,39,43). The molecule has 0 aromatic carbocycles. The van der Waals surface area contributed by atoms with Crippen LogP contribution >= 0.6 is 0 Å². The number of hydrogen-bond donors (Lipinski definition) is 2. The van der Waals surface area contributed by atoms with Crippen molar-refractivity contribution in [1.29, 1.82) is 0 Å². The molecular formula is C37H50N2O8. The molecule has 0 atom stereocenters. The molecule has 4 rings (SSSR count). The highest BCUT2D eigenvalue weighted by molar-refractivity contribution is 5.81. The van der Waals surface area contributed by atoms with Crippen LogP contribution in [0.3, 0.4) is 0 Å². The zero-order chi connectivity index (χ0) is 33.4. The molecule has 2 N–H and O–H groups in total. The Morgan fingerprint density at radius 2 is 0.894 bits per heavy atom. The van der Waals surface area contributed by atoms with Crippen LogP contribution in [-0.2, 0) is 28.5 Å². The number of alkyl carbamates (subject to hydrolysis) is 2. The topological polar surface area (TPSA) is 129 Å². The summed E-state index contributed by atoms with van der Waals surface area (Å²) in [5.74, 6) is 0.614. The molecule has 256 valence electrons. The van der Waals surface area contributed by atoms with Crippen LogP contribution in [0.2, 0.25) is 0 Å². The van der Waals surface area contributed by atoms with Gasteiger partial charge in [-0.05, 0) is 119 Å². The zero-order valence-electron chi connectivity index (χ0n) is 27.5. The van der Waals surface area contributed by atoms with Crippen LogP contribution in [0.25, 0.3) is 0 Å². The predicted octanol–water partition coefficient (Wildman–Crippen LogP) is 7.11. The van der Waals surface area contributed by atoms with Crippen molar-refractivity contribution in [1.82, 2.24) is 10.6 Å². The molecule has 4 aliphatic carbocycles. The molecule has 2 amide bonds. The predicted molar refractivity (Wildman–Crippen MR) is 178 cm³/mol. The van der Waals surface area contributed by atoms with Crippen LogP contribution in [0.1, 0.15) is 83.5 Å². The number of carbonyl (C=O) groups is 4. The summed E-state index contributed by atoms with van der Waals surface area (Å²) in [6.45, 7) is 8.48. The second-order valence-corrected chi connectivity index (χ2v) is 13.1. The van der Waals surface area contributed by atoms with Crippen LogP contribution < -0.4 is 10.6 Å². The monoisotopic (exact) mass is 650 g/mol. The molecule has 0 heterocycles. The Bertz CT molecular complexity index is 1170. The summed E-state index contributed by atoms with van der Waals surface area (Å²) < 4.78 is 21.3. The Kier molecular flexibility index (Phi) is 14.4. The second kappa shape index (κ2) is 18.9. The van der Waals surface area contributed by atoms with E-state index in [4.69, 9.17) is 18.9 Å². The van der Waals surface area contributed by atoms with Crippen molar-refractivity contribution in [2.75, 3.05) is 26.4 Å². The minimum Gasteiger partial charge on any atom is -0.462 e. The average molecular weight is 651 g/mol. The lowest BCUT2D eigenvalue weighted by Crippen LogP contribution is -2.28. The van der Waals surface area contributed by atoms with E-state index in [1.807, 2.05) is 12.2 Å². The quantitative estimate of drug-likeness (QED) is 0.116. The van der Waals surface area contributed by atoms with Gasteiger partial charge in [-0.3, -0.25) is 10.6 Å². The fourth-order valence-electron chi connectivity index (χ4n) is 6.52. The molecule has 2 saturated carbocycles. The molecule has 10 heteroatoms. The molecule has 0 aliphatic heterocycles. The van der Waals surface area contributed by atoms with Crippen molar-refractivity contribution in [3.63, 3.8) is 0 Å². The minimum absolute atomic E-state index is 0.331. The largest absolute Gasteiger partial charge is 0.462 e. The fraction of sp³-hybridized carbons (Fsp3) is 0.568. The van der Waals surface area contributed by atoms with Gasteiger partial charge in [0.05, 0.1) is 26.4 Å². The van der Waals surface area contributed by atoms with E-state index in [9.17, 15) is 19.2 Å². The van der Waals surface area contributed by atoms with Gasteiger partial charge in [-0.1, -0.05) is 36.5 Å². The third-order valence-electron chi connectivity index (χ3n) is 9.54. The summed E-state index contributed by atoms with van der Waals surface area (Å²) in [5.41, 5.74) is 4.33. The molecular weight excluding hydrogens is 600 g/mol. The molecule has 0 aromatic rings. The minimum atomic E-state index is -0.412. The van der Waals surface area contributed by atoms with Crippen molar-refractivity contribution in [3.8, 4) is 0 Å². The van der Waals surface area contributed by atoms with E-state index in [2.05, 4.69) is 35.9 Å². The summed E-state index contributed by atoms with van der Waals surface area (Å²) >= 11 is 0. The fourth-order valence-corrected chi connectivity index (χ4v) is 6.52. The van der Waals surface area contributed by atoms with Crippen molar-refractivity contribution < 1.29 is 38.1 Å². The summed E-state index contributed by atoms with van der Waals surface area (Å²) in [7, 11) is 0. The molecule has 10 nitrogen and oxygen atoms in total. The van der Waals surface area contributed by atoms with Gasteiger partial charge in [0, 0.05) is 23.5 Å². The first kappa shape index (κ1) is 35.8. The molecule has 2 fully saturated rings. The van der Waals surface area contributed by atoms with E-state index >= 15 is 0 Å². The van der Waals surface area contributed by atoms with Crippen molar-refractivity contribution in [2.24, 2.45) is 23.7 Å². The van der Waals surface area contributed by atoms with Gasteiger partial charge in [-0.2, -0.15) is 0 Å². The van der Waals surface area contributed by atoms with Gasteiger partial charge in [-0.25, -0.2) is 19.2 Å². The van der Waals surface area contributed by atoms with E-state index in [0.29, 0.717) is 50.1 Å². The third-order valence-corrected chi connectivity index (χ3v) is 9.54. The number of ether oxygens (including phenoxy) is 4. The first-order chi connectivity index (χ1) is 22.8. The maximum Gasteiger partial charge on any atom is 0.411 e. The number of amides is 2. The summed E-state index contributed by atoms with van der Waals surface area (Å²) in [5, 5.41) is 5.78. The summed E-state index contributed by atoms with van der Waals surface area (Å²) in [6.07, 6.45) is 21.4. The Labute approximate surface area is 278 Å². The maximum absolute atomic E-state index is 12.4. The molecule has 0 saturated heterocycles. The Balaban J connectivity index is 1.08. The maximum atomic E-state index is 12.4. The highest BCUT2D eigenvalue weighted by Gasteiger charge is 2.25. The second-order valence-electron chi connectivity index (χ2n) is 13.1. The number of carbonyl (C=O) groups excluding carboxylic acids is 4. The lowest BCUT2D eigenvalue weighted by atomic mass is 9.83. The van der Waals surface area contributed by atoms with Gasteiger partial charge >= 0.3 is 24.1 Å². The van der Waals surface area contributed by atoms with Gasteiger partial charge in [0.25, 0.3) is 0 Å². The van der Waals surface area contributed by atoms with Crippen molar-refractivity contribution in [3.05, 3.63) is 72.2 Å². The Morgan fingerprint density at radius 3 is 1.19 bits per heavy atom. The molecule has 4 aliphatic rings. The number of allylic oxidation sites excluding steroid dienone is 8. The summed E-state index contributed by atoms with van der Waals surface area (Å²) in [4.78, 5) is 47.3. The normalized spacial score (nSPS) is 24.2. The highest BCUT2D eigenvalue weighted by atomic mass is 16.6. The van der Waals surface area contributed by atoms with Crippen LogP contribution in [0.4, 0.5) is 9.59 Å². The summed E-state index contributed by atoms with van der Waals surface area (Å²) in [6, 6.07) is 0. The van der Waals surface area contributed by atoms with Gasteiger partial charge in [-0.15, -0.1) is 0 Å². The average Bonchev–Trinajstić information content (AvgIpc) is 3.10. The highest BCUT2D eigenvalue weighted by Crippen LogP contribution is 2.31. The van der Waals surface area contributed by atoms with E-state index < -0.39 is 12.2 Å². The van der Waals surface area contributed by atoms with Crippen LogP contribution in [-0.4, -0.2) is 50.6 Å². The zero-order valence-corrected chi connectivity index (χ0v) is 27.5. The molecule has 47 heavy (non-hydrogen) atoms.